The van der Waals surface area contributed by atoms with Crippen molar-refractivity contribution in [2.75, 3.05) is 0 Å². The number of phenols is 2. The summed E-state index contributed by atoms with van der Waals surface area (Å²) in [6.45, 7) is 1.52. The van der Waals surface area contributed by atoms with Crippen LogP contribution in [0.2, 0.25) is 0 Å². The van der Waals surface area contributed by atoms with E-state index in [0.717, 1.165) is 18.2 Å². The van der Waals surface area contributed by atoms with Gasteiger partial charge in [-0.05, 0) is 37.5 Å². The number of benzene rings is 1. The van der Waals surface area contributed by atoms with E-state index >= 15 is 0 Å². The van der Waals surface area contributed by atoms with Crippen LogP contribution in [0.3, 0.4) is 0 Å². The van der Waals surface area contributed by atoms with Crippen molar-refractivity contribution in [2.45, 2.75) is 57.3 Å². The third-order valence-electron chi connectivity index (χ3n) is 3.88. The summed E-state index contributed by atoms with van der Waals surface area (Å²) in [6.07, 6.45) is -0.0458. The van der Waals surface area contributed by atoms with Gasteiger partial charge < -0.3 is 35.7 Å². The Labute approximate surface area is 151 Å². The van der Waals surface area contributed by atoms with Gasteiger partial charge in [0.1, 0.15) is 17.1 Å². The molecule has 8 nitrogen and oxygen atoms in total. The first-order valence-corrected chi connectivity index (χ1v) is 8.34. The van der Waals surface area contributed by atoms with E-state index in [9.17, 15) is 30.3 Å². The Morgan fingerprint density at radius 2 is 1.73 bits per heavy atom. The maximum Gasteiger partial charge on any atom is 0.340 e. The predicted molar refractivity (Wildman–Crippen MR) is 94.1 cm³/mol. The second-order valence-electron chi connectivity index (χ2n) is 6.34. The van der Waals surface area contributed by atoms with E-state index in [-0.39, 0.29) is 36.3 Å². The van der Waals surface area contributed by atoms with Crippen molar-refractivity contribution < 1.29 is 40.5 Å². The van der Waals surface area contributed by atoms with Crippen molar-refractivity contribution in [3.05, 3.63) is 29.0 Å². The number of aliphatic hydroxyl groups excluding tert-OH is 4. The Hall–Kier alpha value is -2.29. The van der Waals surface area contributed by atoms with E-state index < -0.39 is 35.6 Å². The fourth-order valence-corrected chi connectivity index (χ4v) is 2.59. The minimum atomic E-state index is -1.39. The van der Waals surface area contributed by atoms with Gasteiger partial charge in [0.25, 0.3) is 0 Å². The highest BCUT2D eigenvalue weighted by molar-refractivity contribution is 5.95. The number of rotatable bonds is 10. The normalized spacial score (nSPS) is 15.5. The van der Waals surface area contributed by atoms with Crippen molar-refractivity contribution in [1.29, 1.82) is 0 Å². The molecule has 1 rings (SSSR count). The summed E-state index contributed by atoms with van der Waals surface area (Å²) in [6, 6.07) is 2.02. The van der Waals surface area contributed by atoms with Gasteiger partial charge in [0.05, 0.1) is 24.1 Å². The number of aromatic hydroxyl groups is 2. The lowest BCUT2D eigenvalue weighted by Gasteiger charge is -2.18. The predicted octanol–water partition coefficient (Wildman–Crippen LogP) is 1.75. The molecule has 1 aromatic rings. The third-order valence-corrected chi connectivity index (χ3v) is 3.88. The number of carboxylic acid groups (broad SMARTS) is 1. The van der Waals surface area contributed by atoms with Crippen molar-refractivity contribution in [2.24, 2.45) is 0 Å². The standard InChI is InChI=1S/C18H26O8/c1-10(19)6-15(23)14(22)5-3-2-4-12(20)7-11-8-13(21)9-16(24)17(11)18(25)26/h7-10,14-15,19-24H,2-6H2,1H3,(H,25,26)/t10-,14+,15+/m1/s1. The summed E-state index contributed by atoms with van der Waals surface area (Å²) in [5.74, 6) is -2.47. The van der Waals surface area contributed by atoms with Gasteiger partial charge in [0.15, 0.2) is 0 Å². The SMILES string of the molecule is C[C@@H](O)C[C@H](O)[C@@H](O)CCCCC(O)=Cc1cc(O)cc(O)c1C(=O)O. The average molecular weight is 370 g/mol. The molecule has 8 heteroatoms. The first-order valence-electron chi connectivity index (χ1n) is 8.34. The topological polar surface area (TPSA) is 159 Å². The highest BCUT2D eigenvalue weighted by Crippen LogP contribution is 2.29. The lowest BCUT2D eigenvalue weighted by atomic mass is 10.0. The molecule has 0 aromatic heterocycles. The smallest absolute Gasteiger partial charge is 0.340 e. The number of aromatic carboxylic acids is 1. The van der Waals surface area contributed by atoms with Crippen LogP contribution >= 0.6 is 0 Å². The van der Waals surface area contributed by atoms with E-state index in [4.69, 9.17) is 10.2 Å². The highest BCUT2D eigenvalue weighted by Gasteiger charge is 2.18. The van der Waals surface area contributed by atoms with Gasteiger partial charge in [-0.1, -0.05) is 6.42 Å². The number of carboxylic acids is 1. The maximum atomic E-state index is 11.2. The molecule has 26 heavy (non-hydrogen) atoms. The molecule has 0 aliphatic carbocycles. The zero-order valence-corrected chi connectivity index (χ0v) is 14.5. The van der Waals surface area contributed by atoms with Crippen LogP contribution in [0.5, 0.6) is 11.5 Å². The minimum absolute atomic E-state index is 0.0279. The summed E-state index contributed by atoms with van der Waals surface area (Å²) in [5, 5.41) is 66.7. The molecule has 0 amide bonds. The fraction of sp³-hybridized carbons (Fsp3) is 0.500. The molecule has 3 atom stereocenters. The number of carbonyl (C=O) groups is 1. The number of hydrogen-bond donors (Lipinski definition) is 7. The first-order chi connectivity index (χ1) is 12.1. The summed E-state index contributed by atoms with van der Waals surface area (Å²) >= 11 is 0. The van der Waals surface area contributed by atoms with Crippen LogP contribution in [0.25, 0.3) is 6.08 Å². The van der Waals surface area contributed by atoms with Crippen LogP contribution in [-0.4, -0.2) is 60.0 Å². The zero-order valence-electron chi connectivity index (χ0n) is 14.5. The lowest BCUT2D eigenvalue weighted by molar-refractivity contribution is -0.0133. The van der Waals surface area contributed by atoms with Crippen molar-refractivity contribution >= 4 is 12.0 Å². The van der Waals surface area contributed by atoms with Gasteiger partial charge in [-0.2, -0.15) is 0 Å². The van der Waals surface area contributed by atoms with Crippen LogP contribution in [0, 0.1) is 0 Å². The number of hydrogen-bond acceptors (Lipinski definition) is 7. The molecule has 0 saturated carbocycles. The maximum absolute atomic E-state index is 11.2. The Morgan fingerprint density at radius 3 is 2.31 bits per heavy atom. The molecule has 0 bridgehead atoms. The summed E-state index contributed by atoms with van der Waals surface area (Å²) in [4.78, 5) is 11.2. The number of allylic oxidation sites excluding steroid dienone is 1. The van der Waals surface area contributed by atoms with Gasteiger partial charge in [0.2, 0.25) is 0 Å². The Morgan fingerprint density at radius 1 is 1.08 bits per heavy atom. The number of unbranched alkanes of at least 4 members (excludes halogenated alkanes) is 1. The molecule has 7 N–H and O–H groups in total. The van der Waals surface area contributed by atoms with E-state index in [1.807, 2.05) is 0 Å². The molecule has 1 aromatic carbocycles. The summed E-state index contributed by atoms with van der Waals surface area (Å²) in [5.41, 5.74) is -0.453. The first kappa shape index (κ1) is 21.8. The quantitative estimate of drug-likeness (QED) is 0.242. The van der Waals surface area contributed by atoms with Crippen LogP contribution in [0.4, 0.5) is 0 Å². The number of aliphatic hydroxyl groups is 4. The molecule has 0 heterocycles. The van der Waals surface area contributed by atoms with Gasteiger partial charge in [-0.15, -0.1) is 0 Å². The highest BCUT2D eigenvalue weighted by atomic mass is 16.4. The molecule has 0 aliphatic heterocycles. The number of phenolic OH excluding ortho intramolecular Hbond substituents is 1. The Kier molecular flexibility index (Phi) is 8.37. The summed E-state index contributed by atoms with van der Waals surface area (Å²) < 4.78 is 0. The Bertz CT molecular complexity index is 638. The molecule has 0 unspecified atom stereocenters. The molecule has 0 spiro atoms. The van der Waals surface area contributed by atoms with Gasteiger partial charge >= 0.3 is 5.97 Å². The van der Waals surface area contributed by atoms with Crippen LogP contribution in [0.15, 0.2) is 17.9 Å². The largest absolute Gasteiger partial charge is 0.512 e. The van der Waals surface area contributed by atoms with Crippen molar-refractivity contribution in [3.8, 4) is 11.5 Å². The van der Waals surface area contributed by atoms with E-state index in [2.05, 4.69) is 0 Å². The van der Waals surface area contributed by atoms with Crippen LogP contribution in [-0.2, 0) is 0 Å². The molecule has 0 aliphatic rings. The van der Waals surface area contributed by atoms with E-state index in [0.29, 0.717) is 12.8 Å². The molecule has 0 saturated heterocycles. The molecule has 146 valence electrons. The van der Waals surface area contributed by atoms with Gasteiger partial charge in [-0.25, -0.2) is 4.79 Å². The fourth-order valence-electron chi connectivity index (χ4n) is 2.59. The van der Waals surface area contributed by atoms with Crippen molar-refractivity contribution in [1.82, 2.24) is 0 Å². The van der Waals surface area contributed by atoms with Gasteiger partial charge in [0, 0.05) is 18.9 Å². The zero-order chi connectivity index (χ0) is 19.9. The molecule has 0 fully saturated rings. The Balaban J connectivity index is 2.61. The second-order valence-corrected chi connectivity index (χ2v) is 6.34. The van der Waals surface area contributed by atoms with E-state index in [1.165, 1.54) is 6.92 Å². The van der Waals surface area contributed by atoms with Gasteiger partial charge in [-0.3, -0.25) is 0 Å². The monoisotopic (exact) mass is 370 g/mol. The molecular weight excluding hydrogens is 344 g/mol. The lowest BCUT2D eigenvalue weighted by Crippen LogP contribution is -2.29. The van der Waals surface area contributed by atoms with Crippen LogP contribution in [0.1, 0.15) is 54.9 Å². The summed E-state index contributed by atoms with van der Waals surface area (Å²) in [7, 11) is 0. The van der Waals surface area contributed by atoms with E-state index in [1.54, 1.807) is 0 Å². The minimum Gasteiger partial charge on any atom is -0.512 e. The third kappa shape index (κ3) is 6.91. The van der Waals surface area contributed by atoms with Crippen molar-refractivity contribution in [3.63, 3.8) is 0 Å². The van der Waals surface area contributed by atoms with Crippen LogP contribution < -0.4 is 0 Å². The second kappa shape index (κ2) is 10.0. The molecule has 0 radical (unpaired) electrons. The molecular formula is C18H26O8. The average Bonchev–Trinajstić information content (AvgIpc) is 2.49.